The van der Waals surface area contributed by atoms with Crippen molar-refractivity contribution in [3.05, 3.63) is 129 Å². The highest BCUT2D eigenvalue weighted by atomic mass is 35.5. The molecule has 0 radical (unpaired) electrons. The number of benzene rings is 4. The number of phenolic OH excluding ortho intramolecular Hbond substituents is 2. The first-order valence-electron chi connectivity index (χ1n) is 9.52. The molecule has 6 heteroatoms. The van der Waals surface area contributed by atoms with Crippen LogP contribution in [0.1, 0.15) is 31.8 Å². The lowest BCUT2D eigenvalue weighted by Crippen LogP contribution is -2.00. The van der Waals surface area contributed by atoms with E-state index < -0.39 is 0 Å². The summed E-state index contributed by atoms with van der Waals surface area (Å²) in [4.78, 5) is 23.9. The van der Waals surface area contributed by atoms with Gasteiger partial charge in [0.05, 0.1) is 0 Å². The minimum Gasteiger partial charge on any atom is -0.508 e. The van der Waals surface area contributed by atoms with Crippen molar-refractivity contribution in [1.82, 2.24) is 0 Å². The van der Waals surface area contributed by atoms with E-state index in [-0.39, 0.29) is 23.1 Å². The summed E-state index contributed by atoms with van der Waals surface area (Å²) in [6.07, 6.45) is 0. The number of carbonyl (C=O) groups is 2. The van der Waals surface area contributed by atoms with Gasteiger partial charge in [0.2, 0.25) is 0 Å². The van der Waals surface area contributed by atoms with Gasteiger partial charge in [-0.3, -0.25) is 9.59 Å². The zero-order chi connectivity index (χ0) is 23.1. The van der Waals surface area contributed by atoms with Gasteiger partial charge in [-0.1, -0.05) is 23.2 Å². The molecule has 0 aliphatic heterocycles. The Balaban J connectivity index is 0.000000181. The van der Waals surface area contributed by atoms with Crippen LogP contribution < -0.4 is 0 Å². The third kappa shape index (κ3) is 6.20. The van der Waals surface area contributed by atoms with E-state index in [1.807, 2.05) is 0 Å². The van der Waals surface area contributed by atoms with Crippen LogP contribution in [0.5, 0.6) is 11.5 Å². The number of ketones is 2. The van der Waals surface area contributed by atoms with Crippen LogP contribution in [0.15, 0.2) is 97.1 Å². The van der Waals surface area contributed by atoms with E-state index in [0.29, 0.717) is 32.3 Å². The smallest absolute Gasteiger partial charge is 0.193 e. The van der Waals surface area contributed by atoms with Gasteiger partial charge in [0.15, 0.2) is 11.6 Å². The molecule has 4 rings (SSSR count). The Morgan fingerprint density at radius 1 is 0.438 bits per heavy atom. The Bertz CT molecular complexity index is 1000. The molecule has 0 bridgehead atoms. The summed E-state index contributed by atoms with van der Waals surface area (Å²) in [6.45, 7) is 0. The van der Waals surface area contributed by atoms with E-state index in [4.69, 9.17) is 33.4 Å². The number of phenols is 2. The average Bonchev–Trinajstić information content (AvgIpc) is 2.81. The molecule has 2 N–H and O–H groups in total. The maximum Gasteiger partial charge on any atom is 0.193 e. The number of carbonyl (C=O) groups excluding carboxylic acids is 2. The zero-order valence-electron chi connectivity index (χ0n) is 16.7. The van der Waals surface area contributed by atoms with E-state index in [2.05, 4.69) is 0 Å². The van der Waals surface area contributed by atoms with Crippen molar-refractivity contribution in [2.75, 3.05) is 0 Å². The van der Waals surface area contributed by atoms with Gasteiger partial charge in [-0.25, -0.2) is 0 Å². The highest BCUT2D eigenvalue weighted by Crippen LogP contribution is 2.17. The van der Waals surface area contributed by atoms with Crippen molar-refractivity contribution in [3.63, 3.8) is 0 Å². The second-order valence-electron chi connectivity index (χ2n) is 6.77. The molecule has 0 unspecified atom stereocenters. The van der Waals surface area contributed by atoms with Gasteiger partial charge in [0, 0.05) is 32.3 Å². The fourth-order valence-electron chi connectivity index (χ4n) is 2.76. The summed E-state index contributed by atoms with van der Waals surface area (Å²) in [7, 11) is 0. The molecule has 0 heterocycles. The van der Waals surface area contributed by atoms with Crippen LogP contribution in [-0.2, 0) is 0 Å². The Labute approximate surface area is 195 Å². The van der Waals surface area contributed by atoms with Crippen molar-refractivity contribution in [1.29, 1.82) is 0 Å². The average molecular weight is 465 g/mol. The first-order valence-corrected chi connectivity index (χ1v) is 10.3. The van der Waals surface area contributed by atoms with Gasteiger partial charge in [0.1, 0.15) is 11.5 Å². The third-order valence-corrected chi connectivity index (χ3v) is 4.98. The molecular weight excluding hydrogens is 447 g/mol. The summed E-state index contributed by atoms with van der Waals surface area (Å²) < 4.78 is 0. The van der Waals surface area contributed by atoms with Crippen LogP contribution in [0, 0.1) is 0 Å². The number of hydrogen-bond donors (Lipinski definition) is 2. The Kier molecular flexibility index (Phi) is 7.66. The quantitative estimate of drug-likeness (QED) is 0.335. The summed E-state index contributed by atoms with van der Waals surface area (Å²) >= 11 is 11.5. The summed E-state index contributed by atoms with van der Waals surface area (Å²) in [5.41, 5.74) is 2.24. The Morgan fingerprint density at radius 3 is 0.906 bits per heavy atom. The van der Waals surface area contributed by atoms with Crippen molar-refractivity contribution in [2.24, 2.45) is 0 Å². The second kappa shape index (κ2) is 10.6. The third-order valence-electron chi connectivity index (χ3n) is 4.47. The normalized spacial score (nSPS) is 10.1. The van der Waals surface area contributed by atoms with Crippen molar-refractivity contribution in [2.45, 2.75) is 0 Å². The molecule has 0 saturated carbocycles. The van der Waals surface area contributed by atoms with Crippen LogP contribution in [-0.4, -0.2) is 21.8 Å². The van der Waals surface area contributed by atoms with Gasteiger partial charge >= 0.3 is 0 Å². The molecule has 0 aliphatic rings. The van der Waals surface area contributed by atoms with E-state index in [9.17, 15) is 9.59 Å². The summed E-state index contributed by atoms with van der Waals surface area (Å²) in [6, 6.07) is 25.7. The molecule has 160 valence electrons. The summed E-state index contributed by atoms with van der Waals surface area (Å²) in [5.74, 6) is 0.0813. The minimum absolute atomic E-state index is 0.0340. The lowest BCUT2D eigenvalue weighted by molar-refractivity contribution is 0.103. The maximum absolute atomic E-state index is 12.0. The van der Waals surface area contributed by atoms with E-state index in [0.717, 1.165) is 0 Å². The van der Waals surface area contributed by atoms with Crippen LogP contribution in [0.3, 0.4) is 0 Å². The molecule has 4 nitrogen and oxygen atoms in total. The van der Waals surface area contributed by atoms with E-state index in [1.54, 1.807) is 72.8 Å². The zero-order valence-corrected chi connectivity index (χ0v) is 18.2. The highest BCUT2D eigenvalue weighted by molar-refractivity contribution is 6.31. The number of aromatic hydroxyl groups is 2. The topological polar surface area (TPSA) is 74.6 Å². The lowest BCUT2D eigenvalue weighted by Gasteiger charge is -2.01. The van der Waals surface area contributed by atoms with Crippen LogP contribution in [0.4, 0.5) is 0 Å². The first kappa shape index (κ1) is 23.1. The Morgan fingerprint density at radius 2 is 0.656 bits per heavy atom. The molecule has 0 atom stereocenters. The van der Waals surface area contributed by atoms with Crippen molar-refractivity contribution >= 4 is 34.8 Å². The fourth-order valence-corrected chi connectivity index (χ4v) is 3.01. The van der Waals surface area contributed by atoms with Crippen molar-refractivity contribution in [3.8, 4) is 11.5 Å². The van der Waals surface area contributed by atoms with Crippen molar-refractivity contribution < 1.29 is 19.8 Å². The molecule has 0 amide bonds. The van der Waals surface area contributed by atoms with Gasteiger partial charge < -0.3 is 10.2 Å². The van der Waals surface area contributed by atoms with Gasteiger partial charge in [-0.05, 0) is 97.1 Å². The van der Waals surface area contributed by atoms with Gasteiger partial charge in [-0.2, -0.15) is 0 Å². The molecule has 4 aromatic carbocycles. The van der Waals surface area contributed by atoms with Gasteiger partial charge in [-0.15, -0.1) is 0 Å². The maximum atomic E-state index is 12.0. The van der Waals surface area contributed by atoms with Gasteiger partial charge in [0.25, 0.3) is 0 Å². The standard InChI is InChI=1S/C13H8Cl2O.C13H10O3/c2*14-11-5-1-9(2-6-11)13(16)10-3-7-12(15)8-4-10/h1-8H;1-8,14-15H. The van der Waals surface area contributed by atoms with E-state index >= 15 is 0 Å². The van der Waals surface area contributed by atoms with Crippen LogP contribution in [0.25, 0.3) is 0 Å². The monoisotopic (exact) mass is 464 g/mol. The fraction of sp³-hybridized carbons (Fsp3) is 0. The largest absolute Gasteiger partial charge is 0.508 e. The molecule has 0 aliphatic carbocycles. The SMILES string of the molecule is O=C(c1ccc(Cl)cc1)c1ccc(Cl)cc1.O=C(c1ccc(O)cc1)c1ccc(O)cc1. The molecule has 0 saturated heterocycles. The minimum atomic E-state index is -0.139. The van der Waals surface area contributed by atoms with Crippen LogP contribution in [0.2, 0.25) is 10.0 Å². The Hall–Kier alpha value is -3.60. The highest BCUT2D eigenvalue weighted by Gasteiger charge is 2.09. The lowest BCUT2D eigenvalue weighted by atomic mass is 10.0. The second-order valence-corrected chi connectivity index (χ2v) is 7.64. The molecule has 4 aromatic rings. The molecular formula is C26H18Cl2O4. The number of hydrogen-bond acceptors (Lipinski definition) is 4. The van der Waals surface area contributed by atoms with E-state index in [1.165, 1.54) is 24.3 Å². The van der Waals surface area contributed by atoms with Crippen LogP contribution >= 0.6 is 23.2 Å². The molecule has 0 spiro atoms. The molecule has 0 aromatic heterocycles. The first-order chi connectivity index (χ1) is 15.3. The summed E-state index contributed by atoms with van der Waals surface area (Å²) in [5, 5.41) is 19.4. The predicted molar refractivity (Wildman–Crippen MR) is 126 cm³/mol. The molecule has 0 fully saturated rings. The number of rotatable bonds is 4. The number of halogens is 2. The molecule has 32 heavy (non-hydrogen) atoms. The predicted octanol–water partition coefficient (Wildman–Crippen LogP) is 6.55.